The van der Waals surface area contributed by atoms with Crippen LogP contribution >= 0.6 is 0 Å². The van der Waals surface area contributed by atoms with Crippen molar-refractivity contribution in [2.75, 3.05) is 27.4 Å². The quantitative estimate of drug-likeness (QED) is 0.648. The van der Waals surface area contributed by atoms with Crippen LogP contribution in [-0.4, -0.2) is 42.5 Å². The molecule has 3 aromatic rings. The summed E-state index contributed by atoms with van der Waals surface area (Å²) < 4.78 is 16.0. The number of hydrogen-bond donors (Lipinski definition) is 2. The Labute approximate surface area is 156 Å². The van der Waals surface area contributed by atoms with Crippen molar-refractivity contribution in [3.8, 4) is 28.6 Å². The third-order valence-electron chi connectivity index (χ3n) is 4.29. The molecule has 0 aliphatic carbocycles. The molecule has 0 atom stereocenters. The molecule has 0 aliphatic rings. The molecule has 2 aromatic carbocycles. The van der Waals surface area contributed by atoms with E-state index in [1.54, 1.807) is 52.3 Å². The van der Waals surface area contributed by atoms with Gasteiger partial charge in [0.05, 0.1) is 19.2 Å². The number of aromatic amines is 1. The molecule has 27 heavy (non-hydrogen) atoms. The fourth-order valence-corrected chi connectivity index (χ4v) is 2.91. The van der Waals surface area contributed by atoms with Crippen LogP contribution in [0, 0.1) is 13.8 Å². The van der Waals surface area contributed by atoms with Gasteiger partial charge in [-0.3, -0.25) is 4.79 Å². The number of nitrogens with one attached hydrogen (secondary N) is 1. The summed E-state index contributed by atoms with van der Waals surface area (Å²) in [6.07, 6.45) is 0. The Morgan fingerprint density at radius 3 is 2.41 bits per heavy atom. The number of H-pyrrole nitrogens is 1. The van der Waals surface area contributed by atoms with Crippen LogP contribution in [0.3, 0.4) is 0 Å². The Bertz CT molecular complexity index is 1020. The molecule has 7 heteroatoms. The van der Waals surface area contributed by atoms with Crippen molar-refractivity contribution in [2.45, 2.75) is 13.8 Å². The van der Waals surface area contributed by atoms with Gasteiger partial charge < -0.3 is 24.3 Å². The molecule has 0 saturated carbocycles. The second kappa shape index (κ2) is 7.67. The van der Waals surface area contributed by atoms with E-state index in [4.69, 9.17) is 14.2 Å². The molecule has 142 valence electrons. The van der Waals surface area contributed by atoms with Gasteiger partial charge in [-0.25, -0.2) is 4.98 Å². The first-order valence-corrected chi connectivity index (χ1v) is 8.49. The van der Waals surface area contributed by atoms with E-state index >= 15 is 0 Å². The molecule has 0 unspecified atom stereocenters. The van der Waals surface area contributed by atoms with E-state index in [-0.39, 0.29) is 11.3 Å². The van der Waals surface area contributed by atoms with E-state index in [1.165, 1.54) is 0 Å². The Balaban J connectivity index is 2.17. The Kier molecular flexibility index (Phi) is 5.32. The molecule has 0 amide bonds. The first-order chi connectivity index (χ1) is 12.9. The van der Waals surface area contributed by atoms with Crippen LogP contribution in [0.5, 0.6) is 17.2 Å². The Hall–Kier alpha value is -3.06. The fraction of sp³-hybridized carbons (Fsp3) is 0.300. The maximum atomic E-state index is 12.8. The molecular weight excluding hydrogens is 348 g/mol. The van der Waals surface area contributed by atoms with Crippen molar-refractivity contribution in [1.82, 2.24) is 9.97 Å². The molecule has 0 spiro atoms. The number of fused-ring (bicyclic) bond motifs is 1. The van der Waals surface area contributed by atoms with E-state index in [0.717, 1.165) is 0 Å². The Morgan fingerprint density at radius 2 is 1.78 bits per heavy atom. The monoisotopic (exact) mass is 370 g/mol. The van der Waals surface area contributed by atoms with Crippen molar-refractivity contribution < 1.29 is 19.3 Å². The number of aromatic nitrogens is 2. The largest absolute Gasteiger partial charge is 0.507 e. The fourth-order valence-electron chi connectivity index (χ4n) is 2.91. The molecular formula is C20H22N2O5. The van der Waals surface area contributed by atoms with Gasteiger partial charge >= 0.3 is 0 Å². The number of phenols is 1. The lowest BCUT2D eigenvalue weighted by Gasteiger charge is -2.12. The first kappa shape index (κ1) is 18.7. The molecule has 1 heterocycles. The van der Waals surface area contributed by atoms with Gasteiger partial charge in [-0.1, -0.05) is 0 Å². The highest BCUT2D eigenvalue weighted by atomic mass is 16.5. The summed E-state index contributed by atoms with van der Waals surface area (Å²) in [6.45, 7) is 4.30. The summed E-state index contributed by atoms with van der Waals surface area (Å²) in [5, 5.41) is 10.3. The van der Waals surface area contributed by atoms with Crippen LogP contribution in [0.15, 0.2) is 29.1 Å². The number of benzene rings is 2. The number of ether oxygens (including phenoxy) is 3. The third-order valence-corrected chi connectivity index (χ3v) is 4.29. The minimum absolute atomic E-state index is 0.234. The summed E-state index contributed by atoms with van der Waals surface area (Å²) >= 11 is 0. The lowest BCUT2D eigenvalue weighted by atomic mass is 10.0. The van der Waals surface area contributed by atoms with Gasteiger partial charge in [0.25, 0.3) is 5.56 Å². The SMILES string of the molecule is COCCOc1cc(OC)cc2nc(-c3cc(C)c(O)c(C)c3)[nH]c(=O)c12. The minimum atomic E-state index is -0.312. The Morgan fingerprint density at radius 1 is 1.07 bits per heavy atom. The third kappa shape index (κ3) is 3.73. The zero-order chi connectivity index (χ0) is 19.6. The minimum Gasteiger partial charge on any atom is -0.507 e. The van der Waals surface area contributed by atoms with Gasteiger partial charge in [-0.2, -0.15) is 0 Å². The maximum absolute atomic E-state index is 12.8. The highest BCUT2D eigenvalue weighted by Gasteiger charge is 2.15. The molecule has 7 nitrogen and oxygen atoms in total. The predicted molar refractivity (Wildman–Crippen MR) is 103 cm³/mol. The van der Waals surface area contributed by atoms with Gasteiger partial charge in [0, 0.05) is 24.8 Å². The molecule has 0 saturated heterocycles. The number of methoxy groups -OCH3 is 2. The second-order valence-corrected chi connectivity index (χ2v) is 6.23. The molecule has 0 bridgehead atoms. The summed E-state index contributed by atoms with van der Waals surface area (Å²) in [6, 6.07) is 6.91. The average molecular weight is 370 g/mol. The number of nitrogens with zero attached hydrogens (tertiary/aromatic N) is 1. The highest BCUT2D eigenvalue weighted by molar-refractivity contribution is 5.87. The van der Waals surface area contributed by atoms with Crippen molar-refractivity contribution in [1.29, 1.82) is 0 Å². The summed E-state index contributed by atoms with van der Waals surface area (Å²) in [5.41, 5.74) is 2.28. The van der Waals surface area contributed by atoms with Crippen LogP contribution < -0.4 is 15.0 Å². The van der Waals surface area contributed by atoms with Crippen molar-refractivity contribution in [3.05, 3.63) is 45.7 Å². The standard InChI is InChI=1S/C20H22N2O5/c1-11-7-13(8-12(2)18(11)23)19-21-15-9-14(26-4)10-16(27-6-5-25-3)17(15)20(24)22-19/h7-10,23H,5-6H2,1-4H3,(H,21,22,24). The zero-order valence-corrected chi connectivity index (χ0v) is 15.8. The summed E-state index contributed by atoms with van der Waals surface area (Å²) in [4.78, 5) is 20.2. The topological polar surface area (TPSA) is 93.7 Å². The van der Waals surface area contributed by atoms with Crippen molar-refractivity contribution in [3.63, 3.8) is 0 Å². The van der Waals surface area contributed by atoms with Crippen molar-refractivity contribution in [2.24, 2.45) is 0 Å². The average Bonchev–Trinajstić information content (AvgIpc) is 2.65. The van der Waals surface area contributed by atoms with E-state index < -0.39 is 0 Å². The van der Waals surface area contributed by atoms with E-state index in [9.17, 15) is 9.90 Å². The normalized spacial score (nSPS) is 11.0. The zero-order valence-electron chi connectivity index (χ0n) is 15.8. The second-order valence-electron chi connectivity index (χ2n) is 6.23. The number of aromatic hydroxyl groups is 1. The van der Waals surface area contributed by atoms with Gasteiger partial charge in [-0.15, -0.1) is 0 Å². The molecule has 2 N–H and O–H groups in total. The lowest BCUT2D eigenvalue weighted by Crippen LogP contribution is -2.13. The van der Waals surface area contributed by atoms with Gasteiger partial charge in [0.1, 0.15) is 35.1 Å². The number of hydrogen-bond acceptors (Lipinski definition) is 6. The van der Waals surface area contributed by atoms with E-state index in [1.807, 2.05) is 0 Å². The van der Waals surface area contributed by atoms with Gasteiger partial charge in [-0.05, 0) is 37.1 Å². The molecule has 1 aromatic heterocycles. The molecule has 0 aliphatic heterocycles. The van der Waals surface area contributed by atoms with E-state index in [2.05, 4.69) is 9.97 Å². The summed E-state index contributed by atoms with van der Waals surface area (Å²) in [5.74, 6) is 1.57. The highest BCUT2D eigenvalue weighted by Crippen LogP contribution is 2.31. The number of rotatable bonds is 6. The van der Waals surface area contributed by atoms with Crippen LogP contribution in [0.1, 0.15) is 11.1 Å². The molecule has 3 rings (SSSR count). The molecule has 0 fully saturated rings. The van der Waals surface area contributed by atoms with Crippen LogP contribution in [0.25, 0.3) is 22.3 Å². The number of aryl methyl sites for hydroxylation is 2. The molecule has 0 radical (unpaired) electrons. The van der Waals surface area contributed by atoms with Gasteiger partial charge in [0.15, 0.2) is 0 Å². The maximum Gasteiger partial charge on any atom is 0.262 e. The summed E-state index contributed by atoms with van der Waals surface area (Å²) in [7, 11) is 3.12. The van der Waals surface area contributed by atoms with E-state index in [0.29, 0.717) is 58.1 Å². The first-order valence-electron chi connectivity index (χ1n) is 8.49. The van der Waals surface area contributed by atoms with Crippen LogP contribution in [0.2, 0.25) is 0 Å². The predicted octanol–water partition coefficient (Wildman–Crippen LogP) is 2.95. The van der Waals surface area contributed by atoms with Crippen LogP contribution in [-0.2, 0) is 4.74 Å². The van der Waals surface area contributed by atoms with Crippen molar-refractivity contribution >= 4 is 10.9 Å². The lowest BCUT2D eigenvalue weighted by molar-refractivity contribution is 0.147. The smallest absolute Gasteiger partial charge is 0.262 e. The van der Waals surface area contributed by atoms with Gasteiger partial charge in [0.2, 0.25) is 0 Å². The van der Waals surface area contributed by atoms with Crippen LogP contribution in [0.4, 0.5) is 0 Å². The number of phenolic OH excluding ortho intramolecular Hbond substituents is 1.